The van der Waals surface area contributed by atoms with Crippen LogP contribution in [0.2, 0.25) is 0 Å². The first kappa shape index (κ1) is 25.7. The number of carbonyl (C=O) groups is 2. The number of ether oxygens (including phenoxy) is 2. The Labute approximate surface area is 201 Å². The SMILES string of the molecule is CCc1ccc(NC(=O)C(C)OC(=O)c2ccc(OC)c(S(=O)(=O)N3CCCCCC3)c2)cc1. The second-order valence-corrected chi connectivity index (χ2v) is 10.2. The van der Waals surface area contributed by atoms with Crippen LogP contribution in [0.4, 0.5) is 5.69 Å². The number of amides is 1. The van der Waals surface area contributed by atoms with Crippen LogP contribution in [0, 0.1) is 0 Å². The third kappa shape index (κ3) is 6.15. The van der Waals surface area contributed by atoms with Crippen LogP contribution in [-0.4, -0.2) is 50.9 Å². The first-order valence-corrected chi connectivity index (χ1v) is 13.0. The number of benzene rings is 2. The van der Waals surface area contributed by atoms with E-state index in [0.29, 0.717) is 18.8 Å². The Bertz CT molecular complexity index is 1110. The summed E-state index contributed by atoms with van der Waals surface area (Å²) in [6, 6.07) is 11.5. The van der Waals surface area contributed by atoms with E-state index in [1.807, 2.05) is 19.1 Å². The van der Waals surface area contributed by atoms with Gasteiger partial charge in [-0.2, -0.15) is 4.31 Å². The second kappa shape index (κ2) is 11.5. The average molecular weight is 489 g/mol. The summed E-state index contributed by atoms with van der Waals surface area (Å²) in [5.41, 5.74) is 1.77. The number of carbonyl (C=O) groups excluding carboxylic acids is 2. The van der Waals surface area contributed by atoms with Crippen molar-refractivity contribution < 1.29 is 27.5 Å². The van der Waals surface area contributed by atoms with Crippen LogP contribution in [0.1, 0.15) is 55.5 Å². The van der Waals surface area contributed by atoms with Crippen molar-refractivity contribution in [2.24, 2.45) is 0 Å². The lowest BCUT2D eigenvalue weighted by Gasteiger charge is -2.21. The minimum absolute atomic E-state index is 0.0288. The van der Waals surface area contributed by atoms with Crippen molar-refractivity contribution in [2.75, 3.05) is 25.5 Å². The molecule has 1 N–H and O–H groups in total. The average Bonchev–Trinajstić information content (AvgIpc) is 3.14. The number of esters is 1. The van der Waals surface area contributed by atoms with E-state index in [9.17, 15) is 18.0 Å². The van der Waals surface area contributed by atoms with Crippen molar-refractivity contribution in [3.8, 4) is 5.75 Å². The van der Waals surface area contributed by atoms with Crippen LogP contribution in [0.25, 0.3) is 0 Å². The minimum atomic E-state index is -3.85. The molecule has 1 aliphatic rings. The molecule has 0 bridgehead atoms. The highest BCUT2D eigenvalue weighted by atomic mass is 32.2. The molecule has 1 heterocycles. The molecule has 0 aliphatic carbocycles. The van der Waals surface area contributed by atoms with Gasteiger partial charge in [-0.3, -0.25) is 4.79 Å². The maximum absolute atomic E-state index is 13.3. The van der Waals surface area contributed by atoms with Gasteiger partial charge in [0.1, 0.15) is 10.6 Å². The summed E-state index contributed by atoms with van der Waals surface area (Å²) in [6.07, 6.45) is 3.36. The number of rotatable bonds is 8. The molecule has 3 rings (SSSR count). The van der Waals surface area contributed by atoms with E-state index >= 15 is 0 Å². The molecule has 9 heteroatoms. The van der Waals surface area contributed by atoms with E-state index in [4.69, 9.17) is 9.47 Å². The Hall–Kier alpha value is -2.91. The maximum Gasteiger partial charge on any atom is 0.338 e. The van der Waals surface area contributed by atoms with Crippen molar-refractivity contribution in [3.05, 3.63) is 53.6 Å². The largest absolute Gasteiger partial charge is 0.495 e. The molecule has 8 nitrogen and oxygen atoms in total. The molecule has 2 aromatic carbocycles. The highest BCUT2D eigenvalue weighted by Gasteiger charge is 2.30. The molecule has 1 atom stereocenters. The van der Waals surface area contributed by atoms with Gasteiger partial charge in [0.15, 0.2) is 6.10 Å². The summed E-state index contributed by atoms with van der Waals surface area (Å²) in [5.74, 6) is -1.12. The number of nitrogens with one attached hydrogen (secondary N) is 1. The molecule has 2 aromatic rings. The number of anilines is 1. The van der Waals surface area contributed by atoms with Gasteiger partial charge in [0.05, 0.1) is 12.7 Å². The van der Waals surface area contributed by atoms with Crippen molar-refractivity contribution in [1.82, 2.24) is 4.31 Å². The van der Waals surface area contributed by atoms with Gasteiger partial charge >= 0.3 is 5.97 Å². The molecular formula is C25H32N2O6S. The first-order chi connectivity index (χ1) is 16.3. The third-order valence-corrected chi connectivity index (χ3v) is 7.78. The van der Waals surface area contributed by atoms with Gasteiger partial charge in [-0.1, -0.05) is 31.9 Å². The van der Waals surface area contributed by atoms with Crippen LogP contribution in [0.5, 0.6) is 5.75 Å². The Morgan fingerprint density at radius 3 is 2.26 bits per heavy atom. The van der Waals surface area contributed by atoms with Crippen molar-refractivity contribution in [3.63, 3.8) is 0 Å². The monoisotopic (exact) mass is 488 g/mol. The van der Waals surface area contributed by atoms with Crippen LogP contribution in [-0.2, 0) is 26.0 Å². The Balaban J connectivity index is 1.74. The number of hydrogen-bond acceptors (Lipinski definition) is 6. The molecular weight excluding hydrogens is 456 g/mol. The van der Waals surface area contributed by atoms with E-state index in [-0.39, 0.29) is 16.2 Å². The normalized spacial score (nSPS) is 15.7. The molecule has 184 valence electrons. The van der Waals surface area contributed by atoms with E-state index < -0.39 is 28.0 Å². The van der Waals surface area contributed by atoms with Gasteiger partial charge in [0, 0.05) is 18.8 Å². The van der Waals surface area contributed by atoms with Crippen molar-refractivity contribution in [1.29, 1.82) is 0 Å². The van der Waals surface area contributed by atoms with E-state index in [2.05, 4.69) is 5.32 Å². The van der Waals surface area contributed by atoms with Crippen LogP contribution < -0.4 is 10.1 Å². The minimum Gasteiger partial charge on any atom is -0.495 e. The van der Waals surface area contributed by atoms with E-state index in [0.717, 1.165) is 37.7 Å². The van der Waals surface area contributed by atoms with E-state index in [1.165, 1.54) is 36.5 Å². The molecule has 0 spiro atoms. The van der Waals surface area contributed by atoms with Gasteiger partial charge in [-0.25, -0.2) is 13.2 Å². The topological polar surface area (TPSA) is 102 Å². The smallest absolute Gasteiger partial charge is 0.338 e. The van der Waals surface area contributed by atoms with Gasteiger partial charge < -0.3 is 14.8 Å². The quantitative estimate of drug-likeness (QED) is 0.564. The van der Waals surface area contributed by atoms with Gasteiger partial charge in [-0.15, -0.1) is 0 Å². The number of sulfonamides is 1. The zero-order chi connectivity index (χ0) is 24.7. The number of aryl methyl sites for hydroxylation is 1. The molecule has 1 aliphatic heterocycles. The standard InChI is InChI=1S/C25H32N2O6S/c1-4-19-9-12-21(13-10-19)26-24(28)18(2)33-25(29)20-11-14-22(32-3)23(17-20)34(30,31)27-15-7-5-6-8-16-27/h9-14,17-18H,4-8,15-16H2,1-3H3,(H,26,28). The molecule has 1 amide bonds. The molecule has 34 heavy (non-hydrogen) atoms. The summed E-state index contributed by atoms with van der Waals surface area (Å²) in [7, 11) is -2.47. The molecule has 1 saturated heterocycles. The maximum atomic E-state index is 13.3. The van der Waals surface area contributed by atoms with Gasteiger partial charge in [0.2, 0.25) is 10.0 Å². The van der Waals surface area contributed by atoms with Crippen LogP contribution in [0.15, 0.2) is 47.4 Å². The molecule has 0 saturated carbocycles. The zero-order valence-electron chi connectivity index (χ0n) is 19.9. The first-order valence-electron chi connectivity index (χ1n) is 11.5. The summed E-state index contributed by atoms with van der Waals surface area (Å²) in [4.78, 5) is 25.2. The summed E-state index contributed by atoms with van der Waals surface area (Å²) in [6.45, 7) is 4.36. The summed E-state index contributed by atoms with van der Waals surface area (Å²) >= 11 is 0. The summed E-state index contributed by atoms with van der Waals surface area (Å²) in [5, 5.41) is 2.71. The number of nitrogens with zero attached hydrogens (tertiary/aromatic N) is 1. The fourth-order valence-corrected chi connectivity index (χ4v) is 5.47. The van der Waals surface area contributed by atoms with Crippen molar-refractivity contribution in [2.45, 2.75) is 57.0 Å². The predicted octanol–water partition coefficient (Wildman–Crippen LogP) is 4.01. The third-order valence-electron chi connectivity index (χ3n) is 5.86. The Morgan fingerprint density at radius 2 is 1.68 bits per heavy atom. The Morgan fingerprint density at radius 1 is 1.03 bits per heavy atom. The fraction of sp³-hybridized carbons (Fsp3) is 0.440. The fourth-order valence-electron chi connectivity index (χ4n) is 3.78. The number of hydrogen-bond donors (Lipinski definition) is 1. The highest BCUT2D eigenvalue weighted by molar-refractivity contribution is 7.89. The molecule has 0 radical (unpaired) electrons. The molecule has 1 fully saturated rings. The lowest BCUT2D eigenvalue weighted by Crippen LogP contribution is -2.32. The lowest BCUT2D eigenvalue weighted by atomic mass is 10.1. The van der Waals surface area contributed by atoms with Gasteiger partial charge in [-0.05, 0) is 62.1 Å². The van der Waals surface area contributed by atoms with Gasteiger partial charge in [0.25, 0.3) is 5.91 Å². The highest BCUT2D eigenvalue weighted by Crippen LogP contribution is 2.29. The molecule has 1 unspecified atom stereocenters. The van der Waals surface area contributed by atoms with Crippen molar-refractivity contribution >= 4 is 27.6 Å². The number of methoxy groups -OCH3 is 1. The summed E-state index contributed by atoms with van der Waals surface area (Å²) < 4.78 is 38.6. The van der Waals surface area contributed by atoms with E-state index in [1.54, 1.807) is 12.1 Å². The zero-order valence-corrected chi connectivity index (χ0v) is 20.7. The van der Waals surface area contributed by atoms with Crippen LogP contribution in [0.3, 0.4) is 0 Å². The van der Waals surface area contributed by atoms with Crippen LogP contribution >= 0.6 is 0 Å². The second-order valence-electron chi connectivity index (χ2n) is 8.27. The molecule has 0 aromatic heterocycles. The Kier molecular flexibility index (Phi) is 8.68. The predicted molar refractivity (Wildman–Crippen MR) is 130 cm³/mol. The lowest BCUT2D eigenvalue weighted by molar-refractivity contribution is -0.123.